The SMILES string of the molecule is Cc1cc2[nH]cnc2cc1C(=O)NC1CCC(N(C)c2cccc3nc(C(F)(F)F)cn23)CC1. The number of H-pyrrole nitrogens is 1. The number of imidazole rings is 2. The van der Waals surface area contributed by atoms with Gasteiger partial charge in [0.25, 0.3) is 5.91 Å². The summed E-state index contributed by atoms with van der Waals surface area (Å²) < 4.78 is 40.9. The molecule has 0 spiro atoms. The van der Waals surface area contributed by atoms with Crippen LogP contribution >= 0.6 is 0 Å². The number of amides is 1. The molecule has 1 aliphatic rings. The Morgan fingerprint density at radius 2 is 1.97 bits per heavy atom. The second-order valence-corrected chi connectivity index (χ2v) is 8.91. The van der Waals surface area contributed by atoms with Crippen molar-refractivity contribution in [3.05, 3.63) is 59.7 Å². The first-order valence-electron chi connectivity index (χ1n) is 11.2. The summed E-state index contributed by atoms with van der Waals surface area (Å²) in [6.45, 7) is 1.90. The van der Waals surface area contributed by atoms with Crippen LogP contribution < -0.4 is 10.2 Å². The maximum absolute atomic E-state index is 13.1. The molecular formula is C24H25F3N6O. The lowest BCUT2D eigenvalue weighted by atomic mass is 9.90. The number of hydrogen-bond acceptors (Lipinski definition) is 4. The predicted octanol–water partition coefficient (Wildman–Crippen LogP) is 4.72. The van der Waals surface area contributed by atoms with Crippen LogP contribution in [0.15, 0.2) is 42.9 Å². The van der Waals surface area contributed by atoms with E-state index in [0.717, 1.165) is 48.5 Å². The largest absolute Gasteiger partial charge is 0.434 e. The van der Waals surface area contributed by atoms with Gasteiger partial charge in [-0.3, -0.25) is 9.20 Å². The van der Waals surface area contributed by atoms with Gasteiger partial charge in [0.15, 0.2) is 5.69 Å². The van der Waals surface area contributed by atoms with E-state index in [-0.39, 0.29) is 23.6 Å². The zero-order valence-corrected chi connectivity index (χ0v) is 18.9. The van der Waals surface area contributed by atoms with E-state index in [1.165, 1.54) is 4.40 Å². The van der Waals surface area contributed by atoms with Gasteiger partial charge in [-0.05, 0) is 62.4 Å². The Morgan fingerprint density at radius 3 is 2.71 bits per heavy atom. The summed E-state index contributed by atoms with van der Waals surface area (Å²) >= 11 is 0. The fourth-order valence-corrected chi connectivity index (χ4v) is 4.81. The molecule has 3 aromatic heterocycles. The first-order chi connectivity index (χ1) is 16.2. The fraction of sp³-hybridized carbons (Fsp3) is 0.375. The van der Waals surface area contributed by atoms with Gasteiger partial charge in [-0.15, -0.1) is 0 Å². The van der Waals surface area contributed by atoms with E-state index in [1.807, 2.05) is 24.9 Å². The van der Waals surface area contributed by atoms with E-state index in [2.05, 4.69) is 20.3 Å². The van der Waals surface area contributed by atoms with Crippen LogP contribution in [0.2, 0.25) is 0 Å². The lowest BCUT2D eigenvalue weighted by Crippen LogP contribution is -2.43. The number of aromatic nitrogens is 4. The van der Waals surface area contributed by atoms with Gasteiger partial charge in [-0.2, -0.15) is 13.2 Å². The number of aryl methyl sites for hydroxylation is 1. The molecule has 0 saturated heterocycles. The van der Waals surface area contributed by atoms with Crippen LogP contribution in [0.25, 0.3) is 16.7 Å². The highest BCUT2D eigenvalue weighted by molar-refractivity contribution is 5.99. The van der Waals surface area contributed by atoms with Gasteiger partial charge in [-0.25, -0.2) is 9.97 Å². The third-order valence-corrected chi connectivity index (χ3v) is 6.71. The summed E-state index contributed by atoms with van der Waals surface area (Å²) in [7, 11) is 1.90. The number of carbonyl (C=O) groups excluding carboxylic acids is 1. The molecule has 2 N–H and O–H groups in total. The smallest absolute Gasteiger partial charge is 0.358 e. The minimum Gasteiger partial charge on any atom is -0.358 e. The molecule has 1 fully saturated rings. The summed E-state index contributed by atoms with van der Waals surface area (Å²) in [6.07, 6.45) is 1.38. The van der Waals surface area contributed by atoms with E-state index in [0.29, 0.717) is 11.4 Å². The number of nitrogens with one attached hydrogen (secondary N) is 2. The van der Waals surface area contributed by atoms with Gasteiger partial charge >= 0.3 is 6.18 Å². The molecule has 34 heavy (non-hydrogen) atoms. The van der Waals surface area contributed by atoms with Crippen LogP contribution in [0.5, 0.6) is 0 Å². The number of hydrogen-bond donors (Lipinski definition) is 2. The molecule has 178 valence electrons. The number of nitrogens with zero attached hydrogens (tertiary/aromatic N) is 4. The average Bonchev–Trinajstić information content (AvgIpc) is 3.44. The number of fused-ring (bicyclic) bond motifs is 2. The van der Waals surface area contributed by atoms with Crippen LogP contribution in [0.1, 0.15) is 47.3 Å². The van der Waals surface area contributed by atoms with Crippen molar-refractivity contribution >= 4 is 28.4 Å². The molecular weight excluding hydrogens is 445 g/mol. The van der Waals surface area contributed by atoms with Crippen molar-refractivity contribution in [3.63, 3.8) is 0 Å². The first-order valence-corrected chi connectivity index (χ1v) is 11.2. The van der Waals surface area contributed by atoms with Gasteiger partial charge in [0.05, 0.1) is 17.4 Å². The van der Waals surface area contributed by atoms with Crippen molar-refractivity contribution < 1.29 is 18.0 Å². The summed E-state index contributed by atoms with van der Waals surface area (Å²) in [4.78, 5) is 25.9. The normalized spacial score (nSPS) is 19.0. The third kappa shape index (κ3) is 4.08. The van der Waals surface area contributed by atoms with E-state index < -0.39 is 11.9 Å². The molecule has 1 aromatic carbocycles. The summed E-state index contributed by atoms with van der Waals surface area (Å²) in [6, 6.07) is 9.02. The minimum absolute atomic E-state index is 0.0484. The van der Waals surface area contributed by atoms with Crippen LogP contribution in [-0.4, -0.2) is 44.4 Å². The molecule has 1 amide bonds. The second kappa shape index (κ2) is 8.34. The minimum atomic E-state index is -4.49. The van der Waals surface area contributed by atoms with Crippen molar-refractivity contribution in [1.29, 1.82) is 0 Å². The van der Waals surface area contributed by atoms with Crippen molar-refractivity contribution in [3.8, 4) is 0 Å². The number of halogens is 3. The van der Waals surface area contributed by atoms with Crippen molar-refractivity contribution in [1.82, 2.24) is 24.7 Å². The zero-order chi connectivity index (χ0) is 24.0. The van der Waals surface area contributed by atoms with Crippen LogP contribution in [-0.2, 0) is 6.18 Å². The Bertz CT molecular complexity index is 1350. The van der Waals surface area contributed by atoms with Gasteiger partial charge < -0.3 is 15.2 Å². The average molecular weight is 470 g/mol. The van der Waals surface area contributed by atoms with Crippen molar-refractivity contribution in [2.45, 2.75) is 50.9 Å². The van der Waals surface area contributed by atoms with Crippen LogP contribution in [0.3, 0.4) is 0 Å². The predicted molar refractivity (Wildman–Crippen MR) is 123 cm³/mol. The molecule has 4 aromatic rings. The number of anilines is 1. The molecule has 0 radical (unpaired) electrons. The third-order valence-electron chi connectivity index (χ3n) is 6.71. The number of pyridine rings is 1. The monoisotopic (exact) mass is 470 g/mol. The molecule has 10 heteroatoms. The van der Waals surface area contributed by atoms with Crippen LogP contribution in [0, 0.1) is 6.92 Å². The highest BCUT2D eigenvalue weighted by Crippen LogP contribution is 2.32. The Hall–Kier alpha value is -3.56. The summed E-state index contributed by atoms with van der Waals surface area (Å²) in [5.74, 6) is 0.554. The van der Waals surface area contributed by atoms with Crippen LogP contribution in [0.4, 0.5) is 19.0 Å². The molecule has 0 unspecified atom stereocenters. The van der Waals surface area contributed by atoms with Gasteiger partial charge in [0.1, 0.15) is 11.5 Å². The lowest BCUT2D eigenvalue weighted by Gasteiger charge is -2.36. The second-order valence-electron chi connectivity index (χ2n) is 8.91. The molecule has 7 nitrogen and oxygen atoms in total. The maximum atomic E-state index is 13.1. The van der Waals surface area contributed by atoms with Gasteiger partial charge in [0.2, 0.25) is 0 Å². The van der Waals surface area contributed by atoms with E-state index in [4.69, 9.17) is 0 Å². The topological polar surface area (TPSA) is 78.3 Å². The number of benzene rings is 1. The van der Waals surface area contributed by atoms with Crippen molar-refractivity contribution in [2.75, 3.05) is 11.9 Å². The Kier molecular flexibility index (Phi) is 5.45. The number of carbonyl (C=O) groups is 1. The summed E-state index contributed by atoms with van der Waals surface area (Å²) in [5.41, 5.74) is 2.52. The molecule has 0 atom stereocenters. The molecule has 0 bridgehead atoms. The highest BCUT2D eigenvalue weighted by atomic mass is 19.4. The maximum Gasteiger partial charge on any atom is 0.434 e. The van der Waals surface area contributed by atoms with E-state index >= 15 is 0 Å². The Labute approximate surface area is 194 Å². The standard InChI is InChI=1S/C24H25F3N6O/c1-14-10-18-19(29-13-28-18)11-17(14)23(34)30-15-6-8-16(9-7-15)32(2)22-5-3-4-21-31-20(12-33(21)22)24(25,26)27/h3-5,10-13,15-16H,6-9H2,1-2H3,(H,28,29)(H,30,34). The fourth-order valence-electron chi connectivity index (χ4n) is 4.81. The Balaban J connectivity index is 1.26. The first kappa shape index (κ1) is 22.2. The number of aromatic amines is 1. The molecule has 0 aliphatic heterocycles. The molecule has 3 heterocycles. The summed E-state index contributed by atoms with van der Waals surface area (Å²) in [5, 5.41) is 3.15. The Morgan fingerprint density at radius 1 is 1.21 bits per heavy atom. The van der Waals surface area contributed by atoms with E-state index in [9.17, 15) is 18.0 Å². The van der Waals surface area contributed by atoms with Gasteiger partial charge in [0, 0.05) is 30.9 Å². The molecule has 5 rings (SSSR count). The number of rotatable bonds is 4. The molecule has 1 aliphatic carbocycles. The quantitative estimate of drug-likeness (QED) is 0.453. The van der Waals surface area contributed by atoms with E-state index in [1.54, 1.807) is 30.6 Å². The highest BCUT2D eigenvalue weighted by Gasteiger charge is 2.34. The van der Waals surface area contributed by atoms with Gasteiger partial charge in [-0.1, -0.05) is 6.07 Å². The number of alkyl halides is 3. The van der Waals surface area contributed by atoms with Crippen molar-refractivity contribution in [2.24, 2.45) is 0 Å². The zero-order valence-electron chi connectivity index (χ0n) is 18.9. The molecule has 1 saturated carbocycles. The lowest BCUT2D eigenvalue weighted by molar-refractivity contribution is -0.140.